The van der Waals surface area contributed by atoms with Crippen molar-refractivity contribution in [1.82, 2.24) is 4.98 Å². The van der Waals surface area contributed by atoms with Crippen molar-refractivity contribution in [3.63, 3.8) is 0 Å². The van der Waals surface area contributed by atoms with Crippen LogP contribution in [0.2, 0.25) is 0 Å². The molecule has 0 unspecified atom stereocenters. The van der Waals surface area contributed by atoms with Gasteiger partial charge in [0, 0.05) is 5.92 Å². The van der Waals surface area contributed by atoms with Crippen molar-refractivity contribution in [1.29, 1.82) is 0 Å². The van der Waals surface area contributed by atoms with Crippen LogP contribution in [-0.2, 0) is 4.79 Å². The van der Waals surface area contributed by atoms with E-state index in [2.05, 4.69) is 10.3 Å². The molecule has 2 atom stereocenters. The summed E-state index contributed by atoms with van der Waals surface area (Å²) in [5, 5.41) is 3.57. The van der Waals surface area contributed by atoms with Crippen LogP contribution >= 0.6 is 23.7 Å². The van der Waals surface area contributed by atoms with E-state index >= 15 is 0 Å². The predicted molar refractivity (Wildman–Crippen MR) is 91.9 cm³/mol. The minimum absolute atomic E-state index is 0. The lowest BCUT2D eigenvalue weighted by atomic mass is 9.95. The Hall–Kier alpha value is -1.37. The van der Waals surface area contributed by atoms with Gasteiger partial charge in [0.1, 0.15) is 11.3 Å². The zero-order valence-corrected chi connectivity index (χ0v) is 14.0. The number of carbonyl (C=O) groups is 1. The molecule has 0 bridgehead atoms. The van der Waals surface area contributed by atoms with Crippen LogP contribution in [0.5, 0.6) is 5.75 Å². The third-order valence-corrected chi connectivity index (χ3v) is 5.07. The summed E-state index contributed by atoms with van der Waals surface area (Å²) in [7, 11) is 1.62. The van der Waals surface area contributed by atoms with Crippen LogP contribution in [0.4, 0.5) is 5.13 Å². The third-order valence-electron chi connectivity index (χ3n) is 4.13. The molecule has 7 heteroatoms. The highest BCUT2D eigenvalue weighted by molar-refractivity contribution is 7.22. The first-order valence-corrected chi connectivity index (χ1v) is 7.99. The van der Waals surface area contributed by atoms with Crippen LogP contribution in [0.1, 0.15) is 19.3 Å². The average molecular weight is 342 g/mol. The van der Waals surface area contributed by atoms with Gasteiger partial charge in [0.2, 0.25) is 5.91 Å². The second-order valence-corrected chi connectivity index (χ2v) is 6.38. The van der Waals surface area contributed by atoms with Crippen LogP contribution in [0.15, 0.2) is 18.2 Å². The Labute approximate surface area is 139 Å². The number of hydrogen-bond donors (Lipinski definition) is 2. The molecule has 1 amide bonds. The number of aromatic nitrogens is 1. The minimum Gasteiger partial charge on any atom is -0.494 e. The SMILES string of the molecule is COc1cccc2sc(NC(=O)[C@@H]3CCC[C@@H]3CN)nc12.Cl. The minimum atomic E-state index is 0. The van der Waals surface area contributed by atoms with Crippen molar-refractivity contribution >= 4 is 45.0 Å². The van der Waals surface area contributed by atoms with E-state index in [1.54, 1.807) is 7.11 Å². The standard InChI is InChI=1S/C15H19N3O2S.ClH/c1-20-11-6-3-7-12-13(11)17-15(21-12)18-14(19)10-5-2-4-9(10)8-16;/h3,6-7,9-10H,2,4-5,8,16H2,1H3,(H,17,18,19);1H/t9-,10-;/m1./s1. The number of fused-ring (bicyclic) bond motifs is 1. The highest BCUT2D eigenvalue weighted by atomic mass is 35.5. The molecule has 22 heavy (non-hydrogen) atoms. The van der Waals surface area contributed by atoms with Gasteiger partial charge in [-0.05, 0) is 37.4 Å². The van der Waals surface area contributed by atoms with E-state index in [-0.39, 0.29) is 24.2 Å². The van der Waals surface area contributed by atoms with Gasteiger partial charge in [-0.15, -0.1) is 12.4 Å². The van der Waals surface area contributed by atoms with E-state index in [1.807, 2.05) is 18.2 Å². The van der Waals surface area contributed by atoms with Crippen LogP contribution in [0, 0.1) is 11.8 Å². The molecule has 0 aliphatic heterocycles. The largest absolute Gasteiger partial charge is 0.494 e. The maximum Gasteiger partial charge on any atom is 0.229 e. The lowest BCUT2D eigenvalue weighted by Gasteiger charge is -2.16. The normalized spacial score (nSPS) is 20.6. The molecule has 1 saturated carbocycles. The second kappa shape index (κ2) is 7.26. The molecule has 3 rings (SSSR count). The number of nitrogens with one attached hydrogen (secondary N) is 1. The van der Waals surface area contributed by atoms with E-state index in [4.69, 9.17) is 10.5 Å². The van der Waals surface area contributed by atoms with Gasteiger partial charge in [-0.25, -0.2) is 4.98 Å². The van der Waals surface area contributed by atoms with Gasteiger partial charge in [0.05, 0.1) is 11.8 Å². The number of methoxy groups -OCH3 is 1. The number of nitrogens with two attached hydrogens (primary N) is 1. The predicted octanol–water partition coefficient (Wildman–Crippen LogP) is 3.04. The number of halogens is 1. The molecule has 0 saturated heterocycles. The van der Waals surface area contributed by atoms with E-state index in [0.29, 0.717) is 17.6 Å². The summed E-state index contributed by atoms with van der Waals surface area (Å²) in [6.45, 7) is 0.575. The molecular formula is C15H20ClN3O2S. The lowest BCUT2D eigenvalue weighted by molar-refractivity contribution is -0.120. The van der Waals surface area contributed by atoms with Crippen molar-refractivity contribution in [2.75, 3.05) is 19.0 Å². The molecule has 1 aromatic heterocycles. The molecule has 3 N–H and O–H groups in total. The highest BCUT2D eigenvalue weighted by Crippen LogP contribution is 2.35. The smallest absolute Gasteiger partial charge is 0.229 e. The summed E-state index contributed by atoms with van der Waals surface area (Å²) in [6, 6.07) is 5.77. The number of hydrogen-bond acceptors (Lipinski definition) is 5. The number of amides is 1. The number of nitrogens with zero attached hydrogens (tertiary/aromatic N) is 1. The van der Waals surface area contributed by atoms with Crippen LogP contribution < -0.4 is 15.8 Å². The third kappa shape index (κ3) is 3.19. The van der Waals surface area contributed by atoms with E-state index in [1.165, 1.54) is 11.3 Å². The van der Waals surface area contributed by atoms with Gasteiger partial charge in [-0.3, -0.25) is 4.79 Å². The van der Waals surface area contributed by atoms with Crippen molar-refractivity contribution in [3.8, 4) is 5.75 Å². The summed E-state index contributed by atoms with van der Waals surface area (Å²) in [6.07, 6.45) is 3.04. The zero-order valence-electron chi connectivity index (χ0n) is 12.4. The number of anilines is 1. The molecule has 1 aliphatic carbocycles. The monoisotopic (exact) mass is 341 g/mol. The Morgan fingerprint density at radius 2 is 2.32 bits per heavy atom. The maximum atomic E-state index is 12.4. The number of thiazole rings is 1. The molecule has 1 heterocycles. The molecule has 120 valence electrons. The maximum absolute atomic E-state index is 12.4. The topological polar surface area (TPSA) is 77.2 Å². The molecule has 5 nitrogen and oxygen atoms in total. The van der Waals surface area contributed by atoms with Crippen molar-refractivity contribution in [3.05, 3.63) is 18.2 Å². The lowest BCUT2D eigenvalue weighted by Crippen LogP contribution is -2.29. The first-order valence-electron chi connectivity index (χ1n) is 7.17. The Kier molecular flexibility index (Phi) is 5.61. The van der Waals surface area contributed by atoms with Gasteiger partial charge >= 0.3 is 0 Å². The number of benzene rings is 1. The molecule has 1 aromatic carbocycles. The van der Waals surface area contributed by atoms with Crippen LogP contribution in [0.3, 0.4) is 0 Å². The number of para-hydroxylation sites is 1. The fourth-order valence-corrected chi connectivity index (χ4v) is 3.89. The first-order chi connectivity index (χ1) is 10.2. The van der Waals surface area contributed by atoms with Crippen LogP contribution in [-0.4, -0.2) is 24.5 Å². The van der Waals surface area contributed by atoms with Gasteiger partial charge in [0.25, 0.3) is 0 Å². The Bertz CT molecular complexity index is 661. The highest BCUT2D eigenvalue weighted by Gasteiger charge is 2.32. The molecule has 2 aromatic rings. The van der Waals surface area contributed by atoms with Crippen molar-refractivity contribution in [2.24, 2.45) is 17.6 Å². The van der Waals surface area contributed by atoms with E-state index in [9.17, 15) is 4.79 Å². The van der Waals surface area contributed by atoms with Crippen molar-refractivity contribution in [2.45, 2.75) is 19.3 Å². The Morgan fingerprint density at radius 1 is 1.50 bits per heavy atom. The summed E-state index contributed by atoms with van der Waals surface area (Å²) < 4.78 is 6.30. The fraction of sp³-hybridized carbons (Fsp3) is 0.467. The summed E-state index contributed by atoms with van der Waals surface area (Å²) in [4.78, 5) is 16.9. The van der Waals surface area contributed by atoms with E-state index in [0.717, 1.165) is 35.2 Å². The zero-order chi connectivity index (χ0) is 14.8. The Balaban J connectivity index is 0.00000176. The molecular weight excluding hydrogens is 322 g/mol. The van der Waals surface area contributed by atoms with Crippen LogP contribution in [0.25, 0.3) is 10.2 Å². The summed E-state index contributed by atoms with van der Waals surface area (Å²) in [5.74, 6) is 1.09. The van der Waals surface area contributed by atoms with Gasteiger partial charge in [-0.1, -0.05) is 23.8 Å². The fourth-order valence-electron chi connectivity index (χ4n) is 3.00. The number of rotatable bonds is 4. The van der Waals surface area contributed by atoms with E-state index < -0.39 is 0 Å². The number of carbonyl (C=O) groups excluding carboxylic acids is 1. The van der Waals surface area contributed by atoms with Gasteiger partial charge in [0.15, 0.2) is 5.13 Å². The molecule has 0 radical (unpaired) electrons. The molecule has 1 fully saturated rings. The summed E-state index contributed by atoms with van der Waals surface area (Å²) >= 11 is 1.47. The summed E-state index contributed by atoms with van der Waals surface area (Å²) in [5.41, 5.74) is 6.54. The van der Waals surface area contributed by atoms with Crippen molar-refractivity contribution < 1.29 is 9.53 Å². The quantitative estimate of drug-likeness (QED) is 0.896. The average Bonchev–Trinajstić information content (AvgIpc) is 3.12. The number of ether oxygens (including phenoxy) is 1. The molecule has 0 spiro atoms. The second-order valence-electron chi connectivity index (χ2n) is 5.35. The first kappa shape index (κ1) is 17.0. The van der Waals surface area contributed by atoms with Gasteiger partial charge in [-0.2, -0.15) is 0 Å². The van der Waals surface area contributed by atoms with Gasteiger partial charge < -0.3 is 15.8 Å². The molecule has 1 aliphatic rings. The Morgan fingerprint density at radius 3 is 3.05 bits per heavy atom.